The number of ether oxygens (including phenoxy) is 1. The van der Waals surface area contributed by atoms with E-state index >= 15 is 0 Å². The van der Waals surface area contributed by atoms with E-state index in [4.69, 9.17) is 9.26 Å². The summed E-state index contributed by atoms with van der Waals surface area (Å²) in [6, 6.07) is 7.67. The summed E-state index contributed by atoms with van der Waals surface area (Å²) in [5.41, 5.74) is 0.832. The molecule has 118 valence electrons. The Labute approximate surface area is 129 Å². The lowest BCUT2D eigenvalue weighted by Crippen LogP contribution is -2.37. The summed E-state index contributed by atoms with van der Waals surface area (Å²) in [6.45, 7) is 4.71. The van der Waals surface area contributed by atoms with Crippen LogP contribution in [0.15, 0.2) is 28.8 Å². The van der Waals surface area contributed by atoms with Crippen LogP contribution in [0.4, 0.5) is 0 Å². The quantitative estimate of drug-likeness (QED) is 0.912. The lowest BCUT2D eigenvalue weighted by atomic mass is 10.1. The molecule has 0 radical (unpaired) electrons. The highest BCUT2D eigenvalue weighted by Gasteiger charge is 2.20. The normalized spacial score (nSPS) is 19.3. The highest BCUT2D eigenvalue weighted by molar-refractivity contribution is 5.63. The third kappa shape index (κ3) is 3.45. The smallest absolute Gasteiger partial charge is 0.241 e. The van der Waals surface area contributed by atoms with Gasteiger partial charge in [0.05, 0.1) is 24.8 Å². The topological polar surface area (TPSA) is 71.6 Å². The minimum absolute atomic E-state index is 0.255. The van der Waals surface area contributed by atoms with E-state index in [2.05, 4.69) is 15.0 Å². The van der Waals surface area contributed by atoms with Gasteiger partial charge in [0.1, 0.15) is 5.75 Å². The van der Waals surface area contributed by atoms with Gasteiger partial charge in [-0.15, -0.1) is 0 Å². The molecule has 1 aliphatic heterocycles. The van der Waals surface area contributed by atoms with Gasteiger partial charge < -0.3 is 14.4 Å². The van der Waals surface area contributed by atoms with Gasteiger partial charge in [-0.25, -0.2) is 0 Å². The first-order valence-corrected chi connectivity index (χ1v) is 7.71. The molecule has 0 amide bonds. The standard InChI is InChI=1S/C16H21N3O3/c1-2-21-14-8-4-3-7-13(14)16-17-15(22-18-16)11-19-9-5-6-12(20)10-19/h3-4,7-8,12,20H,2,5-6,9-11H2,1H3/t12-/m1/s1. The number of hydrogen-bond donors (Lipinski definition) is 1. The van der Waals surface area contributed by atoms with Crippen LogP contribution in [-0.4, -0.2) is 45.9 Å². The van der Waals surface area contributed by atoms with Gasteiger partial charge in [0.15, 0.2) is 0 Å². The first kappa shape index (κ1) is 15.0. The number of benzene rings is 1. The average Bonchev–Trinajstić information content (AvgIpc) is 2.96. The monoisotopic (exact) mass is 303 g/mol. The second-order valence-corrected chi connectivity index (χ2v) is 5.47. The zero-order valence-electron chi connectivity index (χ0n) is 12.7. The number of hydrogen-bond acceptors (Lipinski definition) is 6. The molecule has 1 fully saturated rings. The van der Waals surface area contributed by atoms with Crippen molar-refractivity contribution in [3.05, 3.63) is 30.2 Å². The van der Waals surface area contributed by atoms with E-state index in [0.717, 1.165) is 30.7 Å². The molecule has 6 nitrogen and oxygen atoms in total. The van der Waals surface area contributed by atoms with Crippen molar-refractivity contribution in [2.75, 3.05) is 19.7 Å². The van der Waals surface area contributed by atoms with Gasteiger partial charge in [-0.05, 0) is 38.4 Å². The Morgan fingerprint density at radius 2 is 2.27 bits per heavy atom. The van der Waals surface area contributed by atoms with Crippen LogP contribution in [0.25, 0.3) is 11.4 Å². The number of piperidine rings is 1. The number of likely N-dealkylation sites (tertiary alicyclic amines) is 1. The molecule has 1 N–H and O–H groups in total. The Balaban J connectivity index is 1.73. The Morgan fingerprint density at radius 1 is 1.41 bits per heavy atom. The van der Waals surface area contributed by atoms with Crippen molar-refractivity contribution in [1.29, 1.82) is 0 Å². The first-order valence-electron chi connectivity index (χ1n) is 7.71. The fourth-order valence-electron chi connectivity index (χ4n) is 2.73. The molecule has 6 heteroatoms. The molecule has 0 unspecified atom stereocenters. The Kier molecular flexibility index (Phi) is 4.70. The highest BCUT2D eigenvalue weighted by Crippen LogP contribution is 2.27. The molecule has 2 heterocycles. The molecular weight excluding hydrogens is 282 g/mol. The Bertz CT molecular complexity index is 614. The van der Waals surface area contributed by atoms with Crippen molar-refractivity contribution < 1.29 is 14.4 Å². The fourth-order valence-corrected chi connectivity index (χ4v) is 2.73. The highest BCUT2D eigenvalue weighted by atomic mass is 16.5. The van der Waals surface area contributed by atoms with Gasteiger partial charge in [-0.3, -0.25) is 4.90 Å². The number of para-hydroxylation sites is 1. The van der Waals surface area contributed by atoms with Gasteiger partial charge in [0.2, 0.25) is 11.7 Å². The molecule has 0 bridgehead atoms. The van der Waals surface area contributed by atoms with Crippen LogP contribution in [-0.2, 0) is 6.54 Å². The number of aliphatic hydroxyl groups excluding tert-OH is 1. The van der Waals surface area contributed by atoms with E-state index in [9.17, 15) is 5.11 Å². The van der Waals surface area contributed by atoms with Crippen molar-refractivity contribution in [2.45, 2.75) is 32.4 Å². The van der Waals surface area contributed by atoms with Crippen LogP contribution in [0.2, 0.25) is 0 Å². The number of aromatic nitrogens is 2. The maximum Gasteiger partial charge on any atom is 0.241 e. The molecule has 1 saturated heterocycles. The largest absolute Gasteiger partial charge is 0.493 e. The zero-order valence-corrected chi connectivity index (χ0v) is 12.7. The summed E-state index contributed by atoms with van der Waals surface area (Å²) < 4.78 is 10.9. The third-order valence-corrected chi connectivity index (χ3v) is 3.74. The van der Waals surface area contributed by atoms with E-state index in [1.807, 2.05) is 31.2 Å². The van der Waals surface area contributed by atoms with Crippen LogP contribution >= 0.6 is 0 Å². The van der Waals surface area contributed by atoms with Crippen molar-refractivity contribution in [2.24, 2.45) is 0 Å². The molecule has 1 aromatic carbocycles. The maximum atomic E-state index is 9.71. The maximum absolute atomic E-state index is 9.71. The molecule has 1 atom stereocenters. The molecule has 0 saturated carbocycles. The molecular formula is C16H21N3O3. The minimum Gasteiger partial charge on any atom is -0.493 e. The van der Waals surface area contributed by atoms with Crippen LogP contribution in [0, 0.1) is 0 Å². The number of nitrogens with zero attached hydrogens (tertiary/aromatic N) is 3. The van der Waals surface area contributed by atoms with Crippen molar-refractivity contribution >= 4 is 0 Å². The van der Waals surface area contributed by atoms with Crippen molar-refractivity contribution in [3.63, 3.8) is 0 Å². The van der Waals surface area contributed by atoms with Gasteiger partial charge in [-0.2, -0.15) is 4.98 Å². The SMILES string of the molecule is CCOc1ccccc1-c1noc(CN2CCC[C@@H](O)C2)n1. The molecule has 1 aliphatic rings. The average molecular weight is 303 g/mol. The van der Waals surface area contributed by atoms with Crippen molar-refractivity contribution in [1.82, 2.24) is 15.0 Å². The fraction of sp³-hybridized carbons (Fsp3) is 0.500. The molecule has 22 heavy (non-hydrogen) atoms. The Morgan fingerprint density at radius 3 is 3.09 bits per heavy atom. The Hall–Kier alpha value is -1.92. The first-order chi connectivity index (χ1) is 10.8. The molecule has 1 aromatic heterocycles. The van der Waals surface area contributed by atoms with Gasteiger partial charge in [0.25, 0.3) is 0 Å². The molecule has 0 aliphatic carbocycles. The number of aliphatic hydroxyl groups is 1. The van der Waals surface area contributed by atoms with E-state index < -0.39 is 0 Å². The van der Waals surface area contributed by atoms with E-state index in [1.54, 1.807) is 0 Å². The van der Waals surface area contributed by atoms with Crippen LogP contribution in [0.5, 0.6) is 5.75 Å². The summed E-state index contributed by atoms with van der Waals surface area (Å²) >= 11 is 0. The zero-order chi connectivity index (χ0) is 15.4. The summed E-state index contributed by atoms with van der Waals surface area (Å²) in [5, 5.41) is 13.8. The summed E-state index contributed by atoms with van der Waals surface area (Å²) in [4.78, 5) is 6.60. The summed E-state index contributed by atoms with van der Waals surface area (Å²) in [6.07, 6.45) is 1.61. The van der Waals surface area contributed by atoms with Gasteiger partial charge in [-0.1, -0.05) is 17.3 Å². The van der Waals surface area contributed by atoms with Crippen LogP contribution in [0.1, 0.15) is 25.7 Å². The molecule has 2 aromatic rings. The molecule has 0 spiro atoms. The summed E-state index contributed by atoms with van der Waals surface area (Å²) in [5.74, 6) is 1.86. The van der Waals surface area contributed by atoms with E-state index in [1.165, 1.54) is 0 Å². The van der Waals surface area contributed by atoms with Gasteiger partial charge in [0, 0.05) is 6.54 Å². The van der Waals surface area contributed by atoms with E-state index in [0.29, 0.717) is 31.4 Å². The van der Waals surface area contributed by atoms with Crippen molar-refractivity contribution in [3.8, 4) is 17.1 Å². The third-order valence-electron chi connectivity index (χ3n) is 3.74. The lowest BCUT2D eigenvalue weighted by molar-refractivity contribution is 0.0613. The van der Waals surface area contributed by atoms with Crippen LogP contribution < -0.4 is 4.74 Å². The predicted octanol–water partition coefficient (Wildman–Crippen LogP) is 2.09. The van der Waals surface area contributed by atoms with Crippen LogP contribution in [0.3, 0.4) is 0 Å². The second-order valence-electron chi connectivity index (χ2n) is 5.47. The number of β-amino-alcohol motifs (C(OH)–C–C–N with tert-alkyl or cyclic N) is 1. The predicted molar refractivity (Wildman–Crippen MR) is 81.4 cm³/mol. The molecule has 3 rings (SSSR count). The lowest BCUT2D eigenvalue weighted by Gasteiger charge is -2.28. The number of rotatable bonds is 5. The van der Waals surface area contributed by atoms with E-state index in [-0.39, 0.29) is 6.10 Å². The summed E-state index contributed by atoms with van der Waals surface area (Å²) in [7, 11) is 0. The second kappa shape index (κ2) is 6.89. The minimum atomic E-state index is -0.255. The van der Waals surface area contributed by atoms with Gasteiger partial charge >= 0.3 is 0 Å².